The number of carbonyl (C=O) groups excluding carboxylic acids is 1. The Morgan fingerprint density at radius 3 is 2.88 bits per heavy atom. The molecule has 1 atom stereocenters. The average molecular weight is 341 g/mol. The van der Waals surface area contributed by atoms with Crippen molar-refractivity contribution in [2.75, 3.05) is 13.6 Å². The molecule has 1 aliphatic rings. The SMILES string of the molecule is C[C@H](CNC(=O)NCc1cccc(Cn2ccnc2)c1)N(C)C1CC1. The number of likely N-dealkylation sites (N-methyl/N-ethyl adjacent to an activating group) is 1. The molecule has 0 radical (unpaired) electrons. The summed E-state index contributed by atoms with van der Waals surface area (Å²) in [5, 5.41) is 5.90. The highest BCUT2D eigenvalue weighted by atomic mass is 16.2. The van der Waals surface area contributed by atoms with Crippen LogP contribution in [0.3, 0.4) is 0 Å². The van der Waals surface area contributed by atoms with Gasteiger partial charge in [-0.3, -0.25) is 4.90 Å². The maximum absolute atomic E-state index is 12.0. The number of imidazole rings is 1. The van der Waals surface area contributed by atoms with Crippen molar-refractivity contribution in [2.24, 2.45) is 0 Å². The van der Waals surface area contributed by atoms with E-state index in [2.05, 4.69) is 46.6 Å². The standard InChI is InChI=1S/C19H27N5O/c1-15(23(2)18-6-7-18)11-21-19(25)22-12-16-4-3-5-17(10-16)13-24-9-8-20-14-24/h3-5,8-10,14-15,18H,6-7,11-13H2,1-2H3,(H2,21,22,25)/t15-/m1/s1. The van der Waals surface area contributed by atoms with E-state index in [0.29, 0.717) is 25.2 Å². The minimum absolute atomic E-state index is 0.115. The molecule has 1 heterocycles. The van der Waals surface area contributed by atoms with Crippen LogP contribution in [-0.4, -0.2) is 46.2 Å². The molecule has 1 aliphatic carbocycles. The van der Waals surface area contributed by atoms with E-state index in [-0.39, 0.29) is 6.03 Å². The zero-order valence-electron chi connectivity index (χ0n) is 15.0. The summed E-state index contributed by atoms with van der Waals surface area (Å²) in [6.45, 7) is 4.12. The molecule has 1 saturated carbocycles. The number of nitrogens with zero attached hydrogens (tertiary/aromatic N) is 3. The van der Waals surface area contributed by atoms with Crippen molar-refractivity contribution in [3.8, 4) is 0 Å². The number of hydrogen-bond acceptors (Lipinski definition) is 3. The number of amides is 2. The van der Waals surface area contributed by atoms with Crippen LogP contribution in [0, 0.1) is 0 Å². The number of aromatic nitrogens is 2. The Labute approximate surface area is 149 Å². The lowest BCUT2D eigenvalue weighted by atomic mass is 10.1. The number of carbonyl (C=O) groups is 1. The number of hydrogen-bond donors (Lipinski definition) is 2. The maximum atomic E-state index is 12.0. The zero-order chi connectivity index (χ0) is 17.6. The lowest BCUT2D eigenvalue weighted by Gasteiger charge is -2.24. The van der Waals surface area contributed by atoms with Gasteiger partial charge in [-0.1, -0.05) is 24.3 Å². The van der Waals surface area contributed by atoms with Crippen LogP contribution in [0.5, 0.6) is 0 Å². The molecule has 2 aromatic rings. The Bertz CT molecular complexity index is 681. The molecular formula is C19H27N5O. The van der Waals surface area contributed by atoms with Gasteiger partial charge in [-0.25, -0.2) is 9.78 Å². The first kappa shape index (κ1) is 17.5. The second-order valence-corrected chi connectivity index (χ2v) is 6.86. The summed E-state index contributed by atoms with van der Waals surface area (Å²) >= 11 is 0. The summed E-state index contributed by atoms with van der Waals surface area (Å²) in [6, 6.07) is 9.20. The van der Waals surface area contributed by atoms with Crippen molar-refractivity contribution in [2.45, 2.75) is 44.9 Å². The van der Waals surface area contributed by atoms with Crippen LogP contribution in [0.4, 0.5) is 4.79 Å². The van der Waals surface area contributed by atoms with Gasteiger partial charge in [0.15, 0.2) is 0 Å². The highest BCUT2D eigenvalue weighted by Crippen LogP contribution is 2.26. The summed E-state index contributed by atoms with van der Waals surface area (Å²) in [7, 11) is 2.13. The molecule has 6 nitrogen and oxygen atoms in total. The van der Waals surface area contributed by atoms with Gasteiger partial charge in [-0.15, -0.1) is 0 Å². The van der Waals surface area contributed by atoms with Crippen molar-refractivity contribution in [1.29, 1.82) is 0 Å². The van der Waals surface area contributed by atoms with E-state index < -0.39 is 0 Å². The van der Waals surface area contributed by atoms with Gasteiger partial charge in [0.2, 0.25) is 0 Å². The first-order valence-corrected chi connectivity index (χ1v) is 8.89. The van der Waals surface area contributed by atoms with E-state index in [9.17, 15) is 4.79 Å². The highest BCUT2D eigenvalue weighted by molar-refractivity contribution is 5.73. The lowest BCUT2D eigenvalue weighted by Crippen LogP contribution is -2.44. The molecule has 0 saturated heterocycles. The third-order valence-corrected chi connectivity index (χ3v) is 4.74. The molecule has 1 aromatic carbocycles. The molecule has 6 heteroatoms. The van der Waals surface area contributed by atoms with E-state index in [1.54, 1.807) is 12.5 Å². The number of urea groups is 1. The van der Waals surface area contributed by atoms with E-state index >= 15 is 0 Å². The van der Waals surface area contributed by atoms with Gasteiger partial charge in [-0.2, -0.15) is 0 Å². The minimum atomic E-state index is -0.115. The van der Waals surface area contributed by atoms with Crippen LogP contribution in [0.2, 0.25) is 0 Å². The molecular weight excluding hydrogens is 314 g/mol. The van der Waals surface area contributed by atoms with Gasteiger partial charge in [0.25, 0.3) is 0 Å². The summed E-state index contributed by atoms with van der Waals surface area (Å²) in [4.78, 5) is 18.4. The first-order chi connectivity index (χ1) is 12.1. The van der Waals surface area contributed by atoms with E-state index in [4.69, 9.17) is 0 Å². The zero-order valence-corrected chi connectivity index (χ0v) is 15.0. The topological polar surface area (TPSA) is 62.2 Å². The monoisotopic (exact) mass is 341 g/mol. The Balaban J connectivity index is 1.42. The highest BCUT2D eigenvalue weighted by Gasteiger charge is 2.29. The van der Waals surface area contributed by atoms with Crippen LogP contribution < -0.4 is 10.6 Å². The number of nitrogens with one attached hydrogen (secondary N) is 2. The van der Waals surface area contributed by atoms with Crippen LogP contribution in [0.25, 0.3) is 0 Å². The Kier molecular flexibility index (Phi) is 5.71. The van der Waals surface area contributed by atoms with Gasteiger partial charge in [0.1, 0.15) is 0 Å². The fourth-order valence-electron chi connectivity index (χ4n) is 2.90. The first-order valence-electron chi connectivity index (χ1n) is 8.89. The summed E-state index contributed by atoms with van der Waals surface area (Å²) < 4.78 is 2.02. The van der Waals surface area contributed by atoms with Crippen molar-refractivity contribution < 1.29 is 4.79 Å². The molecule has 0 aliphatic heterocycles. The molecule has 0 bridgehead atoms. The molecule has 25 heavy (non-hydrogen) atoms. The summed E-state index contributed by atoms with van der Waals surface area (Å²) in [6.07, 6.45) is 8.08. The molecule has 1 fully saturated rings. The normalized spacial score (nSPS) is 15.2. The van der Waals surface area contributed by atoms with Crippen molar-refractivity contribution in [3.63, 3.8) is 0 Å². The predicted octanol–water partition coefficient (Wildman–Crippen LogP) is 2.21. The van der Waals surface area contributed by atoms with Crippen molar-refractivity contribution >= 4 is 6.03 Å². The van der Waals surface area contributed by atoms with Gasteiger partial charge in [0, 0.05) is 44.1 Å². The van der Waals surface area contributed by atoms with Crippen LogP contribution in [0.15, 0.2) is 43.0 Å². The Morgan fingerprint density at radius 1 is 1.36 bits per heavy atom. The molecule has 2 N–H and O–H groups in total. The third kappa shape index (κ3) is 5.32. The molecule has 0 unspecified atom stereocenters. The smallest absolute Gasteiger partial charge is 0.315 e. The minimum Gasteiger partial charge on any atom is -0.337 e. The maximum Gasteiger partial charge on any atom is 0.315 e. The fourth-order valence-corrected chi connectivity index (χ4v) is 2.90. The van der Waals surface area contributed by atoms with E-state index in [1.807, 2.05) is 22.9 Å². The quantitative estimate of drug-likeness (QED) is 0.774. The second-order valence-electron chi connectivity index (χ2n) is 6.86. The molecule has 3 rings (SSSR count). The van der Waals surface area contributed by atoms with Gasteiger partial charge >= 0.3 is 6.03 Å². The summed E-state index contributed by atoms with van der Waals surface area (Å²) in [5.74, 6) is 0. The predicted molar refractivity (Wildman–Crippen MR) is 98.3 cm³/mol. The Morgan fingerprint density at radius 2 is 2.16 bits per heavy atom. The van der Waals surface area contributed by atoms with E-state index in [1.165, 1.54) is 18.4 Å². The largest absolute Gasteiger partial charge is 0.337 e. The van der Waals surface area contributed by atoms with Gasteiger partial charge in [0.05, 0.1) is 6.33 Å². The van der Waals surface area contributed by atoms with Gasteiger partial charge in [-0.05, 0) is 37.9 Å². The molecule has 0 spiro atoms. The molecule has 134 valence electrons. The Hall–Kier alpha value is -2.34. The van der Waals surface area contributed by atoms with Gasteiger partial charge < -0.3 is 15.2 Å². The van der Waals surface area contributed by atoms with Crippen LogP contribution in [-0.2, 0) is 13.1 Å². The number of benzene rings is 1. The van der Waals surface area contributed by atoms with Crippen LogP contribution >= 0.6 is 0 Å². The molecule has 2 amide bonds. The van der Waals surface area contributed by atoms with Crippen molar-refractivity contribution in [1.82, 2.24) is 25.1 Å². The molecule has 1 aromatic heterocycles. The lowest BCUT2D eigenvalue weighted by molar-refractivity contribution is 0.222. The third-order valence-electron chi connectivity index (χ3n) is 4.74. The average Bonchev–Trinajstić information content (AvgIpc) is 3.35. The van der Waals surface area contributed by atoms with E-state index in [0.717, 1.165) is 12.1 Å². The van der Waals surface area contributed by atoms with Crippen molar-refractivity contribution in [3.05, 3.63) is 54.1 Å². The van der Waals surface area contributed by atoms with Crippen LogP contribution in [0.1, 0.15) is 30.9 Å². The fraction of sp³-hybridized carbons (Fsp3) is 0.474. The summed E-state index contributed by atoms with van der Waals surface area (Å²) in [5.41, 5.74) is 2.29. The second kappa shape index (κ2) is 8.16. The number of rotatable bonds is 8.